The highest BCUT2D eigenvalue weighted by Gasteiger charge is 2.11. The minimum absolute atomic E-state index is 0.885. The zero-order chi connectivity index (χ0) is 19.9. The fourth-order valence-electron chi connectivity index (χ4n) is 3.72. The van der Waals surface area contributed by atoms with Gasteiger partial charge in [-0.2, -0.15) is 5.10 Å². The first-order valence-corrected chi connectivity index (χ1v) is 10.4. The summed E-state index contributed by atoms with van der Waals surface area (Å²) >= 11 is 0. The van der Waals surface area contributed by atoms with Gasteiger partial charge in [0, 0.05) is 29.9 Å². The van der Waals surface area contributed by atoms with Crippen molar-refractivity contribution in [2.75, 3.05) is 18.0 Å². The Morgan fingerprint density at radius 2 is 1.17 bits per heavy atom. The van der Waals surface area contributed by atoms with E-state index in [9.17, 15) is 0 Å². The molecule has 3 nitrogen and oxygen atoms in total. The third kappa shape index (κ3) is 4.80. The van der Waals surface area contributed by atoms with Gasteiger partial charge in [0.2, 0.25) is 0 Å². The van der Waals surface area contributed by atoms with E-state index in [-0.39, 0.29) is 0 Å². The molecule has 29 heavy (non-hydrogen) atoms. The molecule has 0 aromatic heterocycles. The Balaban J connectivity index is 1.60. The van der Waals surface area contributed by atoms with Crippen LogP contribution in [-0.2, 0) is 0 Å². The van der Waals surface area contributed by atoms with Crippen molar-refractivity contribution in [3.63, 3.8) is 0 Å². The van der Waals surface area contributed by atoms with Gasteiger partial charge in [0.25, 0.3) is 0 Å². The monoisotopic (exact) mass is 381 g/mol. The Bertz CT molecular complexity index is 926. The van der Waals surface area contributed by atoms with Crippen molar-refractivity contribution in [1.82, 2.24) is 0 Å². The van der Waals surface area contributed by atoms with E-state index in [2.05, 4.69) is 63.6 Å². The fraction of sp³-hybridized carbons (Fsp3) is 0.231. The number of benzene rings is 3. The molecule has 1 aliphatic heterocycles. The number of nitrogens with zero attached hydrogens (tertiary/aromatic N) is 3. The molecule has 1 saturated heterocycles. The Labute approximate surface area is 173 Å². The largest absolute Gasteiger partial charge is 0.372 e. The minimum atomic E-state index is 0.885. The molecular weight excluding hydrogens is 354 g/mol. The van der Waals surface area contributed by atoms with E-state index < -0.39 is 0 Å². The molecule has 1 heterocycles. The maximum Gasteiger partial charge on any atom is 0.100 e. The van der Waals surface area contributed by atoms with Crippen LogP contribution in [0.5, 0.6) is 0 Å². The van der Waals surface area contributed by atoms with Crippen LogP contribution in [0.4, 0.5) is 5.69 Å². The van der Waals surface area contributed by atoms with Gasteiger partial charge in [0.15, 0.2) is 0 Å². The van der Waals surface area contributed by atoms with E-state index in [1.807, 2.05) is 43.3 Å². The molecule has 0 spiro atoms. The van der Waals surface area contributed by atoms with Gasteiger partial charge in [0.05, 0.1) is 5.71 Å². The molecule has 0 amide bonds. The molecule has 1 aliphatic rings. The molecular formula is C26H27N3. The summed E-state index contributed by atoms with van der Waals surface area (Å²) in [6.45, 7) is 4.34. The summed E-state index contributed by atoms with van der Waals surface area (Å²) < 4.78 is 0. The fourth-order valence-corrected chi connectivity index (χ4v) is 3.72. The summed E-state index contributed by atoms with van der Waals surface area (Å²) in [6, 6.07) is 29.2. The molecule has 3 heteroatoms. The molecule has 0 bridgehead atoms. The van der Waals surface area contributed by atoms with Gasteiger partial charge in [0.1, 0.15) is 5.71 Å². The maximum atomic E-state index is 4.65. The molecule has 3 aromatic carbocycles. The van der Waals surface area contributed by atoms with E-state index in [1.165, 1.54) is 24.9 Å². The molecule has 0 radical (unpaired) electrons. The van der Waals surface area contributed by atoms with Crippen molar-refractivity contribution in [3.8, 4) is 0 Å². The predicted molar refractivity (Wildman–Crippen MR) is 123 cm³/mol. The zero-order valence-corrected chi connectivity index (χ0v) is 17.0. The van der Waals surface area contributed by atoms with Crippen LogP contribution in [0.1, 0.15) is 42.9 Å². The standard InChI is InChI=1S/C26H27N3/c1-21(22-15-17-25(18-16-22)29-19-9-4-10-20-29)27-28-26(23-11-5-2-6-12-23)24-13-7-3-8-14-24/h2-3,5-8,11-18H,4,9-10,19-20H2,1H3. The molecule has 4 rings (SSSR count). The van der Waals surface area contributed by atoms with Gasteiger partial charge in [-0.05, 0) is 43.9 Å². The molecule has 0 saturated carbocycles. The lowest BCUT2D eigenvalue weighted by Crippen LogP contribution is -2.29. The van der Waals surface area contributed by atoms with Crippen molar-refractivity contribution in [2.45, 2.75) is 26.2 Å². The van der Waals surface area contributed by atoms with Crippen LogP contribution in [0.25, 0.3) is 0 Å². The number of hydrogen-bond donors (Lipinski definition) is 0. The second kappa shape index (κ2) is 9.33. The number of anilines is 1. The van der Waals surface area contributed by atoms with Crippen molar-refractivity contribution in [1.29, 1.82) is 0 Å². The van der Waals surface area contributed by atoms with Gasteiger partial charge in [-0.3, -0.25) is 0 Å². The van der Waals surface area contributed by atoms with Crippen LogP contribution < -0.4 is 4.90 Å². The average molecular weight is 382 g/mol. The summed E-state index contributed by atoms with van der Waals surface area (Å²) in [7, 11) is 0. The summed E-state index contributed by atoms with van der Waals surface area (Å²) in [6.07, 6.45) is 3.93. The van der Waals surface area contributed by atoms with Gasteiger partial charge < -0.3 is 4.90 Å². The van der Waals surface area contributed by atoms with E-state index in [0.29, 0.717) is 0 Å². The molecule has 0 N–H and O–H groups in total. The maximum absolute atomic E-state index is 4.65. The summed E-state index contributed by atoms with van der Waals surface area (Å²) in [5, 5.41) is 9.23. The molecule has 146 valence electrons. The predicted octanol–water partition coefficient (Wildman–Crippen LogP) is 5.94. The van der Waals surface area contributed by atoms with Crippen molar-refractivity contribution < 1.29 is 0 Å². The van der Waals surface area contributed by atoms with Gasteiger partial charge in [-0.25, -0.2) is 0 Å². The third-order valence-corrected chi connectivity index (χ3v) is 5.40. The number of rotatable bonds is 5. The summed E-state index contributed by atoms with van der Waals surface area (Å²) in [4.78, 5) is 2.47. The molecule has 0 atom stereocenters. The van der Waals surface area contributed by atoms with Gasteiger partial charge >= 0.3 is 0 Å². The molecule has 0 aliphatic carbocycles. The first-order chi connectivity index (χ1) is 14.3. The van der Waals surface area contributed by atoms with Gasteiger partial charge in [-0.1, -0.05) is 72.8 Å². The summed E-state index contributed by atoms with van der Waals surface area (Å²) in [5.74, 6) is 0. The third-order valence-electron chi connectivity index (χ3n) is 5.40. The van der Waals surface area contributed by atoms with Crippen LogP contribution >= 0.6 is 0 Å². The highest BCUT2D eigenvalue weighted by Crippen LogP contribution is 2.20. The Morgan fingerprint density at radius 1 is 0.621 bits per heavy atom. The normalized spacial score (nSPS) is 14.5. The van der Waals surface area contributed by atoms with Crippen molar-refractivity contribution in [3.05, 3.63) is 102 Å². The minimum Gasteiger partial charge on any atom is -0.372 e. The zero-order valence-electron chi connectivity index (χ0n) is 17.0. The Hall–Kier alpha value is -3.20. The topological polar surface area (TPSA) is 28.0 Å². The number of piperidine rings is 1. The van der Waals surface area contributed by atoms with E-state index in [0.717, 1.165) is 41.2 Å². The molecule has 1 fully saturated rings. The van der Waals surface area contributed by atoms with E-state index in [4.69, 9.17) is 0 Å². The smallest absolute Gasteiger partial charge is 0.100 e. The molecule has 3 aromatic rings. The SMILES string of the molecule is CC(=NN=C(c1ccccc1)c1ccccc1)c1ccc(N2CCCCC2)cc1. The molecule has 0 unspecified atom stereocenters. The Morgan fingerprint density at radius 3 is 1.72 bits per heavy atom. The van der Waals surface area contributed by atoms with Crippen LogP contribution in [0.2, 0.25) is 0 Å². The van der Waals surface area contributed by atoms with Crippen molar-refractivity contribution in [2.24, 2.45) is 10.2 Å². The lowest BCUT2D eigenvalue weighted by Gasteiger charge is -2.28. The first-order valence-electron chi connectivity index (χ1n) is 10.4. The van der Waals surface area contributed by atoms with Crippen LogP contribution in [-0.4, -0.2) is 24.5 Å². The highest BCUT2D eigenvalue weighted by molar-refractivity contribution is 6.13. The Kier molecular flexibility index (Phi) is 6.16. The van der Waals surface area contributed by atoms with E-state index in [1.54, 1.807) is 0 Å². The van der Waals surface area contributed by atoms with Crippen LogP contribution in [0.15, 0.2) is 95.1 Å². The van der Waals surface area contributed by atoms with Crippen molar-refractivity contribution >= 4 is 17.1 Å². The number of hydrogen-bond acceptors (Lipinski definition) is 3. The first kappa shape index (κ1) is 19.1. The second-order valence-corrected chi connectivity index (χ2v) is 7.46. The second-order valence-electron chi connectivity index (χ2n) is 7.46. The van der Waals surface area contributed by atoms with Crippen LogP contribution in [0.3, 0.4) is 0 Å². The lowest BCUT2D eigenvalue weighted by atomic mass is 10.0. The highest BCUT2D eigenvalue weighted by atomic mass is 15.2. The lowest BCUT2D eigenvalue weighted by molar-refractivity contribution is 0.578. The quantitative estimate of drug-likeness (QED) is 0.397. The average Bonchev–Trinajstić information content (AvgIpc) is 2.81. The van der Waals surface area contributed by atoms with Crippen LogP contribution in [0, 0.1) is 0 Å². The summed E-state index contributed by atoms with van der Waals surface area (Å²) in [5.41, 5.74) is 6.34. The van der Waals surface area contributed by atoms with Gasteiger partial charge in [-0.15, -0.1) is 5.10 Å². The van der Waals surface area contributed by atoms with E-state index >= 15 is 0 Å².